The van der Waals surface area contributed by atoms with Gasteiger partial charge in [-0.3, -0.25) is 9.58 Å². The molecule has 0 unspecified atom stereocenters. The molecule has 10 nitrogen and oxygen atoms in total. The third-order valence-corrected chi connectivity index (χ3v) is 8.94. The highest BCUT2D eigenvalue weighted by Gasteiger charge is 2.41. The number of aromatic nitrogens is 4. The number of hydrogen-bond acceptors (Lipinski definition) is 7. The van der Waals surface area contributed by atoms with Crippen LogP contribution >= 0.6 is 0 Å². The Morgan fingerprint density at radius 2 is 1.71 bits per heavy atom. The van der Waals surface area contributed by atoms with Gasteiger partial charge in [-0.05, 0) is 43.0 Å². The molecule has 3 aliphatic rings. The minimum absolute atomic E-state index is 0.00729. The topological polar surface area (TPSA) is 86.8 Å². The average molecular weight is 625 g/mol. The van der Waals surface area contributed by atoms with E-state index >= 15 is 0 Å². The average Bonchev–Trinajstić information content (AvgIpc) is 3.60. The van der Waals surface area contributed by atoms with Crippen LogP contribution in [0.25, 0.3) is 0 Å². The molecule has 2 fully saturated rings. The van der Waals surface area contributed by atoms with Gasteiger partial charge < -0.3 is 19.1 Å². The molecule has 0 atom stereocenters. The smallest absolute Gasteiger partial charge is 0.408 e. The number of benzene rings is 2. The molecule has 5 heterocycles. The number of anilines is 3. The zero-order valence-corrected chi connectivity index (χ0v) is 24.8. The number of alkyl halides is 3. The van der Waals surface area contributed by atoms with Gasteiger partial charge in [0.2, 0.25) is 5.89 Å². The maximum atomic E-state index is 14.7. The third-order valence-electron chi connectivity index (χ3n) is 8.94. The Bertz CT molecular complexity index is 1700. The molecule has 0 N–H and O–H groups in total. The van der Waals surface area contributed by atoms with Crippen molar-refractivity contribution in [1.82, 2.24) is 24.9 Å². The van der Waals surface area contributed by atoms with E-state index in [0.29, 0.717) is 62.4 Å². The normalized spacial score (nSPS) is 18.0. The van der Waals surface area contributed by atoms with Crippen molar-refractivity contribution in [2.45, 2.75) is 58.0 Å². The van der Waals surface area contributed by atoms with Gasteiger partial charge in [-0.2, -0.15) is 18.3 Å². The van der Waals surface area contributed by atoms with Crippen LogP contribution in [-0.4, -0.2) is 63.1 Å². The van der Waals surface area contributed by atoms with Gasteiger partial charge in [0.05, 0.1) is 30.4 Å². The van der Waals surface area contributed by atoms with Crippen molar-refractivity contribution in [3.63, 3.8) is 0 Å². The van der Waals surface area contributed by atoms with Crippen LogP contribution in [-0.2, 0) is 19.3 Å². The second-order valence-electron chi connectivity index (χ2n) is 11.9. The van der Waals surface area contributed by atoms with E-state index in [2.05, 4.69) is 10.2 Å². The van der Waals surface area contributed by atoms with Crippen LogP contribution in [0.1, 0.15) is 47.0 Å². The summed E-state index contributed by atoms with van der Waals surface area (Å²) >= 11 is 0. The quantitative estimate of drug-likeness (QED) is 0.254. The van der Waals surface area contributed by atoms with E-state index in [0.717, 1.165) is 17.2 Å². The fraction of sp³-hybridized carbons (Fsp3) is 0.419. The minimum atomic E-state index is -4.57. The van der Waals surface area contributed by atoms with Gasteiger partial charge >= 0.3 is 18.2 Å². The first kappa shape index (κ1) is 29.1. The van der Waals surface area contributed by atoms with Crippen LogP contribution in [0.2, 0.25) is 0 Å². The number of rotatable bonds is 6. The number of aryl methyl sites for hydroxylation is 2. The number of nitrogens with zero attached hydrogens (tertiary/aromatic N) is 8. The number of para-hydroxylation sites is 1. The van der Waals surface area contributed by atoms with Gasteiger partial charge in [0.25, 0.3) is 0 Å². The number of amides is 2. The standard InChI is InChI=1S/C31H32F4N8O2/c1-19-6-5-9-26(32)27(19)39-12-10-23(11-13-39)41-15-22-16-43(24-17-40(18-24)29-37-36-20(2)45-29)38-28(22)42(30(41)44)14-21-7-3-4-8-25(21)31(33,34)35/h3-9,16,23-24H,10-15,17-18H2,1-2H3. The molecule has 236 valence electrons. The van der Waals surface area contributed by atoms with E-state index in [4.69, 9.17) is 9.52 Å². The highest BCUT2D eigenvalue weighted by atomic mass is 19.4. The summed E-state index contributed by atoms with van der Waals surface area (Å²) in [5.41, 5.74) is 1.39. The van der Waals surface area contributed by atoms with Gasteiger partial charge in [-0.25, -0.2) is 9.18 Å². The molecule has 0 radical (unpaired) electrons. The molecule has 0 bridgehead atoms. The highest BCUT2D eigenvalue weighted by molar-refractivity contribution is 5.94. The second-order valence-corrected chi connectivity index (χ2v) is 11.9. The Balaban J connectivity index is 1.15. The molecule has 2 amide bonds. The predicted molar refractivity (Wildman–Crippen MR) is 157 cm³/mol. The Hall–Kier alpha value is -4.62. The number of halogens is 4. The van der Waals surface area contributed by atoms with Crippen LogP contribution in [0.15, 0.2) is 53.1 Å². The van der Waals surface area contributed by atoms with Crippen molar-refractivity contribution in [2.24, 2.45) is 0 Å². The highest BCUT2D eigenvalue weighted by Crippen LogP contribution is 2.38. The van der Waals surface area contributed by atoms with E-state index < -0.39 is 11.7 Å². The molecule has 2 saturated heterocycles. The van der Waals surface area contributed by atoms with Crippen molar-refractivity contribution in [1.29, 1.82) is 0 Å². The fourth-order valence-corrected chi connectivity index (χ4v) is 6.59. The van der Waals surface area contributed by atoms with Crippen molar-refractivity contribution in [3.05, 3.63) is 82.6 Å². The van der Waals surface area contributed by atoms with Crippen molar-refractivity contribution < 1.29 is 26.8 Å². The van der Waals surface area contributed by atoms with E-state index in [9.17, 15) is 22.4 Å². The zero-order chi connectivity index (χ0) is 31.5. The second kappa shape index (κ2) is 11.1. The summed E-state index contributed by atoms with van der Waals surface area (Å²) in [4.78, 5) is 21.2. The SMILES string of the molecule is Cc1nnc(N2CC(n3cc4c(n3)N(Cc3ccccc3C(F)(F)F)C(=O)N(C3CCN(c5c(C)cccc5F)CC3)C4)C2)o1. The van der Waals surface area contributed by atoms with Gasteiger partial charge in [0.1, 0.15) is 5.82 Å². The van der Waals surface area contributed by atoms with Gasteiger partial charge in [0.15, 0.2) is 5.82 Å². The van der Waals surface area contributed by atoms with E-state index in [1.165, 1.54) is 23.1 Å². The van der Waals surface area contributed by atoms with E-state index in [1.807, 2.05) is 29.0 Å². The third kappa shape index (κ3) is 5.35. The predicted octanol–water partition coefficient (Wildman–Crippen LogP) is 5.71. The molecular weight excluding hydrogens is 592 g/mol. The first-order valence-electron chi connectivity index (χ1n) is 14.9. The monoisotopic (exact) mass is 624 g/mol. The van der Waals surface area contributed by atoms with Gasteiger partial charge in [-0.1, -0.05) is 35.4 Å². The summed E-state index contributed by atoms with van der Waals surface area (Å²) < 4.78 is 63.9. The van der Waals surface area contributed by atoms with Crippen LogP contribution in [0, 0.1) is 19.7 Å². The molecule has 2 aromatic carbocycles. The van der Waals surface area contributed by atoms with Crippen LogP contribution < -0.4 is 14.7 Å². The van der Waals surface area contributed by atoms with Crippen LogP contribution in [0.4, 0.5) is 39.9 Å². The Kier molecular flexibility index (Phi) is 7.16. The van der Waals surface area contributed by atoms with Gasteiger partial charge in [-0.15, -0.1) is 5.10 Å². The lowest BCUT2D eigenvalue weighted by Crippen LogP contribution is -2.54. The number of carbonyl (C=O) groups is 1. The lowest BCUT2D eigenvalue weighted by atomic mass is 10.00. The van der Waals surface area contributed by atoms with Crippen molar-refractivity contribution >= 4 is 23.6 Å². The van der Waals surface area contributed by atoms with Crippen molar-refractivity contribution in [3.8, 4) is 0 Å². The Morgan fingerprint density at radius 1 is 0.956 bits per heavy atom. The molecule has 3 aliphatic heterocycles. The lowest BCUT2D eigenvalue weighted by molar-refractivity contribution is -0.138. The number of piperidine rings is 1. The first-order chi connectivity index (χ1) is 21.6. The summed E-state index contributed by atoms with van der Waals surface area (Å²) in [6.07, 6.45) is -1.50. The molecule has 14 heteroatoms. The number of carbonyl (C=O) groups excluding carboxylic acids is 1. The molecule has 0 saturated carbocycles. The maximum absolute atomic E-state index is 14.7. The minimum Gasteiger partial charge on any atom is -0.408 e. The summed E-state index contributed by atoms with van der Waals surface area (Å²) in [6, 6.07) is 10.1. The molecule has 0 spiro atoms. The number of fused-ring (bicyclic) bond motifs is 1. The Labute approximate surface area is 256 Å². The molecule has 4 aromatic rings. The lowest BCUT2D eigenvalue weighted by Gasteiger charge is -2.43. The van der Waals surface area contributed by atoms with E-state index in [-0.39, 0.29) is 42.6 Å². The fourth-order valence-electron chi connectivity index (χ4n) is 6.59. The summed E-state index contributed by atoms with van der Waals surface area (Å²) in [5, 5.41) is 12.7. The maximum Gasteiger partial charge on any atom is 0.416 e. The molecule has 0 aliphatic carbocycles. The summed E-state index contributed by atoms with van der Waals surface area (Å²) in [5.74, 6) is 0.545. The zero-order valence-electron chi connectivity index (χ0n) is 24.8. The number of urea groups is 1. The van der Waals surface area contributed by atoms with Gasteiger partial charge in [0, 0.05) is 50.9 Å². The molecule has 7 rings (SSSR count). The van der Waals surface area contributed by atoms with Crippen LogP contribution in [0.5, 0.6) is 0 Å². The summed E-state index contributed by atoms with van der Waals surface area (Å²) in [6.45, 7) is 5.82. The number of hydrogen-bond donors (Lipinski definition) is 0. The first-order valence-corrected chi connectivity index (χ1v) is 14.9. The Morgan fingerprint density at radius 3 is 2.40 bits per heavy atom. The van der Waals surface area contributed by atoms with Crippen molar-refractivity contribution in [2.75, 3.05) is 40.9 Å². The van der Waals surface area contributed by atoms with Crippen LogP contribution in [0.3, 0.4) is 0 Å². The molecular formula is C31H32F4N8O2. The van der Waals surface area contributed by atoms with E-state index in [1.54, 1.807) is 28.6 Å². The molecule has 2 aromatic heterocycles. The summed E-state index contributed by atoms with van der Waals surface area (Å²) in [7, 11) is 0. The molecule has 45 heavy (non-hydrogen) atoms. The largest absolute Gasteiger partial charge is 0.416 e.